The number of nitrogens with one attached hydrogen (secondary N) is 3. The number of rotatable bonds is 8. The van der Waals surface area contributed by atoms with Crippen molar-refractivity contribution in [3.63, 3.8) is 0 Å². The summed E-state index contributed by atoms with van der Waals surface area (Å²) in [6.07, 6.45) is 4.54. The quantitative estimate of drug-likeness (QED) is 0.544. The van der Waals surface area contributed by atoms with Crippen LogP contribution < -0.4 is 16.0 Å². The summed E-state index contributed by atoms with van der Waals surface area (Å²) in [5, 5.41) is 9.34. The van der Waals surface area contributed by atoms with Crippen molar-refractivity contribution in [2.24, 2.45) is 5.92 Å². The summed E-state index contributed by atoms with van der Waals surface area (Å²) in [6, 6.07) is 8.79. The van der Waals surface area contributed by atoms with Crippen LogP contribution in [0.3, 0.4) is 0 Å². The number of anilines is 1. The van der Waals surface area contributed by atoms with Gasteiger partial charge in [-0.1, -0.05) is 12.1 Å². The Kier molecular flexibility index (Phi) is 10.9. The fourth-order valence-corrected chi connectivity index (χ4v) is 3.27. The highest BCUT2D eigenvalue weighted by atomic mass is 35.5. The van der Waals surface area contributed by atoms with E-state index in [0.717, 1.165) is 49.3 Å². The highest BCUT2D eigenvalue weighted by Crippen LogP contribution is 2.18. The molecule has 2 aromatic rings. The second-order valence-corrected chi connectivity index (χ2v) is 7.13. The lowest BCUT2D eigenvalue weighted by Gasteiger charge is -2.11. The molecular weight excluding hydrogens is 414 g/mol. The van der Waals surface area contributed by atoms with Crippen LogP contribution in [0.4, 0.5) is 10.2 Å². The van der Waals surface area contributed by atoms with Crippen LogP contribution in [0, 0.1) is 18.7 Å². The smallest absolute Gasteiger partial charge is 0.254 e. The first-order chi connectivity index (χ1) is 13.1. The first-order valence-corrected chi connectivity index (χ1v) is 9.55. The highest BCUT2D eigenvalue weighted by Gasteiger charge is 2.17. The number of halogens is 3. The second-order valence-electron chi connectivity index (χ2n) is 7.13. The van der Waals surface area contributed by atoms with E-state index < -0.39 is 5.82 Å². The van der Waals surface area contributed by atoms with Gasteiger partial charge in [0, 0.05) is 19.3 Å². The predicted molar refractivity (Wildman–Crippen MR) is 120 cm³/mol. The van der Waals surface area contributed by atoms with Crippen molar-refractivity contribution in [1.29, 1.82) is 0 Å². The van der Waals surface area contributed by atoms with E-state index in [9.17, 15) is 9.18 Å². The summed E-state index contributed by atoms with van der Waals surface area (Å²) in [6.45, 7) is 5.18. The summed E-state index contributed by atoms with van der Waals surface area (Å²) in [5.41, 5.74) is 2.26. The maximum absolute atomic E-state index is 14.1. The molecule has 1 amide bonds. The van der Waals surface area contributed by atoms with Crippen LogP contribution >= 0.6 is 24.8 Å². The molecule has 0 spiro atoms. The zero-order chi connectivity index (χ0) is 19.1. The lowest BCUT2D eigenvalue weighted by molar-refractivity contribution is 0.0949. The molecule has 1 aliphatic heterocycles. The summed E-state index contributed by atoms with van der Waals surface area (Å²) < 4.78 is 14.1. The molecule has 3 rings (SSSR count). The number of nitrogens with zero attached hydrogens (tertiary/aromatic N) is 1. The largest absolute Gasteiger partial charge is 0.370 e. The number of hydrogen-bond acceptors (Lipinski definition) is 4. The third kappa shape index (κ3) is 7.80. The minimum atomic E-state index is -0.470. The van der Waals surface area contributed by atoms with Crippen LogP contribution in [0.15, 0.2) is 36.5 Å². The number of carbonyl (C=O) groups excluding carboxylic acids is 1. The van der Waals surface area contributed by atoms with Crippen LogP contribution in [0.25, 0.3) is 0 Å². The van der Waals surface area contributed by atoms with Crippen molar-refractivity contribution in [1.82, 2.24) is 15.6 Å². The zero-order valence-corrected chi connectivity index (χ0v) is 18.2. The minimum absolute atomic E-state index is 0. The summed E-state index contributed by atoms with van der Waals surface area (Å²) in [7, 11) is 0. The lowest BCUT2D eigenvalue weighted by atomic mass is 9.97. The molecule has 29 heavy (non-hydrogen) atoms. The Morgan fingerprint density at radius 1 is 1.24 bits per heavy atom. The molecule has 1 atom stereocenters. The molecule has 160 valence electrons. The van der Waals surface area contributed by atoms with Gasteiger partial charge in [-0.05, 0) is 74.5 Å². The van der Waals surface area contributed by atoms with Crippen LogP contribution in [0.1, 0.15) is 34.3 Å². The minimum Gasteiger partial charge on any atom is -0.370 e. The molecule has 1 unspecified atom stereocenters. The van der Waals surface area contributed by atoms with Crippen molar-refractivity contribution in [2.45, 2.75) is 26.2 Å². The molecule has 8 heteroatoms. The van der Waals surface area contributed by atoms with E-state index in [1.54, 1.807) is 12.1 Å². The van der Waals surface area contributed by atoms with Gasteiger partial charge in [-0.3, -0.25) is 4.79 Å². The molecule has 0 radical (unpaired) electrons. The molecule has 0 saturated carbocycles. The average molecular weight is 443 g/mol. The SMILES string of the molecule is Cc1ccc(NCCCNC(=O)c2cc(CC3CCNC3)ccc2F)nc1.Cl.Cl. The van der Waals surface area contributed by atoms with Crippen molar-refractivity contribution < 1.29 is 9.18 Å². The maximum atomic E-state index is 14.1. The van der Waals surface area contributed by atoms with E-state index in [2.05, 4.69) is 20.9 Å². The fourth-order valence-electron chi connectivity index (χ4n) is 3.27. The number of carbonyl (C=O) groups is 1. The van der Waals surface area contributed by atoms with Crippen LogP contribution in [0.2, 0.25) is 0 Å². The Labute approximate surface area is 184 Å². The molecule has 0 bridgehead atoms. The molecule has 3 N–H and O–H groups in total. The Morgan fingerprint density at radius 3 is 2.76 bits per heavy atom. The first kappa shape index (κ1) is 25.1. The van der Waals surface area contributed by atoms with E-state index in [1.165, 1.54) is 6.07 Å². The monoisotopic (exact) mass is 442 g/mol. The summed E-state index contributed by atoms with van der Waals surface area (Å²) in [4.78, 5) is 16.6. The summed E-state index contributed by atoms with van der Waals surface area (Å²) >= 11 is 0. The van der Waals surface area contributed by atoms with E-state index in [1.807, 2.05) is 25.3 Å². The molecule has 1 fully saturated rings. The third-order valence-electron chi connectivity index (χ3n) is 4.82. The number of hydrogen-bond donors (Lipinski definition) is 3. The van der Waals surface area contributed by atoms with Gasteiger partial charge >= 0.3 is 0 Å². The van der Waals surface area contributed by atoms with Crippen LogP contribution in [-0.2, 0) is 6.42 Å². The lowest BCUT2D eigenvalue weighted by Crippen LogP contribution is -2.27. The normalized spacial score (nSPS) is 15.2. The van der Waals surface area contributed by atoms with E-state index in [4.69, 9.17) is 0 Å². The van der Waals surface area contributed by atoms with Crippen molar-refractivity contribution in [2.75, 3.05) is 31.5 Å². The fraction of sp³-hybridized carbons (Fsp3) is 0.429. The molecule has 1 aromatic carbocycles. The third-order valence-corrected chi connectivity index (χ3v) is 4.82. The van der Waals surface area contributed by atoms with Crippen LogP contribution in [-0.4, -0.2) is 37.1 Å². The van der Waals surface area contributed by atoms with Crippen molar-refractivity contribution >= 4 is 36.5 Å². The number of pyridine rings is 1. The van der Waals surface area contributed by atoms with Gasteiger partial charge in [0.15, 0.2) is 0 Å². The molecular formula is C21H29Cl2FN4O. The Hall–Kier alpha value is -1.89. The summed E-state index contributed by atoms with van der Waals surface area (Å²) in [5.74, 6) is 0.551. The Balaban J connectivity index is 0.00000210. The standard InChI is InChI=1S/C21H27FN4O.2ClH/c1-15-3-6-20(26-13-15)24-8-2-9-25-21(27)18-12-16(4-5-19(18)22)11-17-7-10-23-14-17;;/h3-6,12-13,17,23H,2,7-11,14H2,1H3,(H,24,26)(H,25,27);2*1H. The number of benzene rings is 1. The molecule has 5 nitrogen and oxygen atoms in total. The van der Waals surface area contributed by atoms with Gasteiger partial charge in [-0.15, -0.1) is 24.8 Å². The van der Waals surface area contributed by atoms with Gasteiger partial charge in [0.1, 0.15) is 11.6 Å². The van der Waals surface area contributed by atoms with Crippen molar-refractivity contribution in [3.8, 4) is 0 Å². The van der Waals surface area contributed by atoms with Gasteiger partial charge in [-0.25, -0.2) is 9.37 Å². The molecule has 0 aliphatic carbocycles. The van der Waals surface area contributed by atoms with Gasteiger partial charge in [0.25, 0.3) is 5.91 Å². The van der Waals surface area contributed by atoms with E-state index >= 15 is 0 Å². The molecule has 1 saturated heterocycles. The van der Waals surface area contributed by atoms with Gasteiger partial charge in [-0.2, -0.15) is 0 Å². The Bertz CT molecular complexity index is 768. The van der Waals surface area contributed by atoms with Crippen LogP contribution in [0.5, 0.6) is 0 Å². The van der Waals surface area contributed by atoms with E-state index in [-0.39, 0.29) is 36.3 Å². The first-order valence-electron chi connectivity index (χ1n) is 9.55. The van der Waals surface area contributed by atoms with Gasteiger partial charge in [0.2, 0.25) is 0 Å². The second kappa shape index (κ2) is 12.6. The number of aromatic nitrogens is 1. The topological polar surface area (TPSA) is 66.0 Å². The molecule has 1 aliphatic rings. The van der Waals surface area contributed by atoms with Crippen molar-refractivity contribution in [3.05, 3.63) is 59.0 Å². The number of amides is 1. The Morgan fingerprint density at radius 2 is 2.07 bits per heavy atom. The van der Waals surface area contributed by atoms with E-state index in [0.29, 0.717) is 19.0 Å². The highest BCUT2D eigenvalue weighted by molar-refractivity contribution is 5.94. The molecule has 1 aromatic heterocycles. The zero-order valence-electron chi connectivity index (χ0n) is 16.5. The predicted octanol–water partition coefficient (Wildman–Crippen LogP) is 3.76. The molecule has 2 heterocycles. The van der Waals surface area contributed by atoms with Gasteiger partial charge in [0.05, 0.1) is 5.56 Å². The average Bonchev–Trinajstić information content (AvgIpc) is 3.17. The van der Waals surface area contributed by atoms with Gasteiger partial charge < -0.3 is 16.0 Å². The maximum Gasteiger partial charge on any atom is 0.254 e. The number of aryl methyl sites for hydroxylation is 1.